The van der Waals surface area contributed by atoms with Crippen LogP contribution in [0.4, 0.5) is 0 Å². The number of allylic oxidation sites excluding steroid dienone is 2. The average Bonchev–Trinajstić information content (AvgIpc) is 3.62. The van der Waals surface area contributed by atoms with E-state index in [1.165, 1.54) is 5.57 Å². The molecule has 0 saturated heterocycles. The topological polar surface area (TPSA) is 74.9 Å². The fourth-order valence-corrected chi connectivity index (χ4v) is 8.95. The van der Waals surface area contributed by atoms with Gasteiger partial charge in [0.2, 0.25) is 0 Å². The number of aromatic amines is 1. The summed E-state index contributed by atoms with van der Waals surface area (Å²) in [4.78, 5) is 34.3. The number of pyridine rings is 1. The SMILES string of the molecule is Cc1cc(C)c(CN2CCc3c(c(C)c4c(c3C3=CCCC3)OC(C)(C35CCC(N(C)C)(CC3)CC5)O4)C2=O)c(=O)[nH]1. The van der Waals surface area contributed by atoms with Gasteiger partial charge in [0.05, 0.1) is 12.1 Å². The molecule has 8 rings (SSSR count). The molecule has 1 aromatic heterocycles. The average molecular weight is 572 g/mol. The van der Waals surface area contributed by atoms with Crippen LogP contribution in [0.1, 0.15) is 109 Å². The highest BCUT2D eigenvalue weighted by Crippen LogP contribution is 2.63. The molecular formula is C35H45N3O4. The number of aryl methyl sites for hydroxylation is 2. The molecule has 4 aliphatic carbocycles. The van der Waals surface area contributed by atoms with Crippen molar-refractivity contribution in [1.29, 1.82) is 0 Å². The van der Waals surface area contributed by atoms with Crippen molar-refractivity contribution in [1.82, 2.24) is 14.8 Å². The van der Waals surface area contributed by atoms with E-state index in [0.717, 1.165) is 109 Å². The van der Waals surface area contributed by atoms with Crippen LogP contribution in [0.25, 0.3) is 5.57 Å². The molecule has 1 aromatic carbocycles. The zero-order valence-corrected chi connectivity index (χ0v) is 26.2. The van der Waals surface area contributed by atoms with E-state index in [-0.39, 0.29) is 16.9 Å². The molecule has 1 amide bonds. The standard InChI is InChI=1S/C35H45N3O4/c1-21-19-22(2)36-31(39)26(21)20-38-18-11-25-27(32(38)40)23(3)29-30(28(25)24-9-7-8-10-24)42-33(4,41-29)34-12-15-35(16-13-34,17-14-34)37(5)6/h9,19H,7-8,10-18,20H2,1-6H3,(H,36,39). The quantitative estimate of drug-likeness (QED) is 0.462. The van der Waals surface area contributed by atoms with Gasteiger partial charge in [-0.15, -0.1) is 0 Å². The molecule has 2 aromatic rings. The van der Waals surface area contributed by atoms with Crippen LogP contribution in [-0.2, 0) is 13.0 Å². The van der Waals surface area contributed by atoms with Crippen molar-refractivity contribution in [2.24, 2.45) is 5.41 Å². The molecular weight excluding hydrogens is 526 g/mol. The Balaban J connectivity index is 1.28. The molecule has 224 valence electrons. The maximum Gasteiger partial charge on any atom is 0.254 e. The first-order valence-corrected chi connectivity index (χ1v) is 15.9. The molecule has 3 fully saturated rings. The van der Waals surface area contributed by atoms with Gasteiger partial charge in [-0.1, -0.05) is 6.08 Å². The van der Waals surface area contributed by atoms with E-state index in [4.69, 9.17) is 9.47 Å². The zero-order chi connectivity index (χ0) is 29.6. The lowest BCUT2D eigenvalue weighted by molar-refractivity contribution is -0.211. The number of benzene rings is 1. The van der Waals surface area contributed by atoms with E-state index >= 15 is 0 Å². The number of H-pyrrole nitrogens is 1. The summed E-state index contributed by atoms with van der Waals surface area (Å²) in [5, 5.41) is 0. The molecule has 7 nitrogen and oxygen atoms in total. The van der Waals surface area contributed by atoms with E-state index < -0.39 is 5.79 Å². The van der Waals surface area contributed by atoms with Gasteiger partial charge >= 0.3 is 0 Å². The van der Waals surface area contributed by atoms with E-state index in [1.807, 2.05) is 31.7 Å². The normalized spacial score (nSPS) is 29.8. The molecule has 7 heteroatoms. The summed E-state index contributed by atoms with van der Waals surface area (Å²) < 4.78 is 14.1. The minimum atomic E-state index is -0.758. The van der Waals surface area contributed by atoms with Gasteiger partial charge in [0.25, 0.3) is 17.3 Å². The molecule has 1 N–H and O–H groups in total. The summed E-state index contributed by atoms with van der Waals surface area (Å²) in [5.74, 6) is 0.838. The van der Waals surface area contributed by atoms with E-state index in [0.29, 0.717) is 24.2 Å². The molecule has 0 spiro atoms. The number of hydrogen-bond donors (Lipinski definition) is 1. The monoisotopic (exact) mass is 571 g/mol. The number of nitrogens with zero attached hydrogens (tertiary/aromatic N) is 2. The number of carbonyl (C=O) groups is 1. The number of amides is 1. The Morgan fingerprint density at radius 3 is 2.26 bits per heavy atom. The number of hydrogen-bond acceptors (Lipinski definition) is 5. The Morgan fingerprint density at radius 2 is 1.64 bits per heavy atom. The number of carbonyl (C=O) groups excluding carboxylic acids is 1. The van der Waals surface area contributed by atoms with Crippen LogP contribution in [-0.4, -0.2) is 52.7 Å². The van der Waals surface area contributed by atoms with Crippen molar-refractivity contribution >= 4 is 11.5 Å². The Kier molecular flexibility index (Phi) is 6.26. The second kappa shape index (κ2) is 9.47. The molecule has 42 heavy (non-hydrogen) atoms. The zero-order valence-electron chi connectivity index (χ0n) is 26.2. The summed E-state index contributed by atoms with van der Waals surface area (Å²) in [6, 6.07) is 1.98. The number of aromatic nitrogens is 1. The van der Waals surface area contributed by atoms with Gasteiger partial charge < -0.3 is 24.3 Å². The van der Waals surface area contributed by atoms with Crippen LogP contribution in [0, 0.1) is 26.2 Å². The van der Waals surface area contributed by atoms with Crippen molar-refractivity contribution < 1.29 is 14.3 Å². The number of fused-ring (bicyclic) bond motifs is 5. The van der Waals surface area contributed by atoms with E-state index in [9.17, 15) is 9.59 Å². The van der Waals surface area contributed by atoms with Crippen molar-refractivity contribution in [2.75, 3.05) is 20.6 Å². The Morgan fingerprint density at radius 1 is 0.952 bits per heavy atom. The van der Waals surface area contributed by atoms with Crippen LogP contribution in [0.2, 0.25) is 0 Å². The van der Waals surface area contributed by atoms with E-state index in [1.54, 1.807) is 0 Å². The maximum absolute atomic E-state index is 14.3. The summed E-state index contributed by atoms with van der Waals surface area (Å²) >= 11 is 0. The first-order chi connectivity index (χ1) is 20.0. The molecule has 1 atom stereocenters. The summed E-state index contributed by atoms with van der Waals surface area (Å²) in [7, 11) is 4.45. The molecule has 3 saturated carbocycles. The molecule has 1 unspecified atom stereocenters. The van der Waals surface area contributed by atoms with Crippen LogP contribution in [0.5, 0.6) is 11.5 Å². The number of nitrogens with one attached hydrogen (secondary N) is 1. The first kappa shape index (κ1) is 27.8. The lowest BCUT2D eigenvalue weighted by Gasteiger charge is -2.59. The highest BCUT2D eigenvalue weighted by Gasteiger charge is 2.63. The molecule has 2 bridgehead atoms. The highest BCUT2D eigenvalue weighted by molar-refractivity contribution is 6.01. The van der Waals surface area contributed by atoms with Crippen molar-refractivity contribution in [2.45, 2.75) is 110 Å². The predicted molar refractivity (Wildman–Crippen MR) is 164 cm³/mol. The van der Waals surface area contributed by atoms with Crippen LogP contribution in [0.15, 0.2) is 16.9 Å². The first-order valence-electron chi connectivity index (χ1n) is 15.9. The third-order valence-electron chi connectivity index (χ3n) is 11.8. The van der Waals surface area contributed by atoms with Gasteiger partial charge in [0.1, 0.15) is 0 Å². The maximum atomic E-state index is 14.3. The Hall–Kier alpha value is -3.06. The second-order valence-corrected chi connectivity index (χ2v) is 14.1. The number of rotatable bonds is 5. The van der Waals surface area contributed by atoms with E-state index in [2.05, 4.69) is 37.0 Å². The summed E-state index contributed by atoms with van der Waals surface area (Å²) in [6.45, 7) is 8.91. The van der Waals surface area contributed by atoms with Crippen LogP contribution >= 0.6 is 0 Å². The molecule has 6 aliphatic rings. The van der Waals surface area contributed by atoms with Crippen molar-refractivity contribution in [3.05, 3.63) is 61.6 Å². The molecule has 2 aliphatic heterocycles. The minimum absolute atomic E-state index is 0.0164. The summed E-state index contributed by atoms with van der Waals surface area (Å²) in [6.07, 6.45) is 13.0. The predicted octanol–water partition coefficient (Wildman–Crippen LogP) is 6.21. The van der Waals surface area contributed by atoms with Gasteiger partial charge in [-0.3, -0.25) is 9.59 Å². The van der Waals surface area contributed by atoms with Gasteiger partial charge in [0.15, 0.2) is 11.5 Å². The van der Waals surface area contributed by atoms with Crippen LogP contribution in [0.3, 0.4) is 0 Å². The smallest absolute Gasteiger partial charge is 0.254 e. The molecule has 0 radical (unpaired) electrons. The third-order valence-corrected chi connectivity index (χ3v) is 11.8. The number of ether oxygens (including phenoxy) is 2. The lowest BCUT2D eigenvalue weighted by atomic mass is 9.54. The fraction of sp³-hybridized carbons (Fsp3) is 0.600. The van der Waals surface area contributed by atoms with Crippen LogP contribution < -0.4 is 15.0 Å². The molecule has 3 heterocycles. The van der Waals surface area contributed by atoms with Gasteiger partial charge in [0, 0.05) is 46.8 Å². The third kappa shape index (κ3) is 3.88. The van der Waals surface area contributed by atoms with Crippen molar-refractivity contribution in [3.8, 4) is 11.5 Å². The highest BCUT2D eigenvalue weighted by atomic mass is 16.7. The Bertz CT molecular complexity index is 1560. The van der Waals surface area contributed by atoms with Gasteiger partial charge in [-0.2, -0.15) is 0 Å². The van der Waals surface area contributed by atoms with Gasteiger partial charge in [-0.25, -0.2) is 0 Å². The van der Waals surface area contributed by atoms with Crippen molar-refractivity contribution in [3.63, 3.8) is 0 Å². The lowest BCUT2D eigenvalue weighted by Crippen LogP contribution is -2.62. The Labute approximate surface area is 249 Å². The largest absolute Gasteiger partial charge is 0.448 e. The van der Waals surface area contributed by atoms with Gasteiger partial charge in [-0.05, 0) is 122 Å². The minimum Gasteiger partial charge on any atom is -0.448 e. The second-order valence-electron chi connectivity index (χ2n) is 14.1. The summed E-state index contributed by atoms with van der Waals surface area (Å²) in [5.41, 5.74) is 7.66. The fourth-order valence-electron chi connectivity index (χ4n) is 8.95.